The molecule has 0 bridgehead atoms. The molecule has 0 saturated carbocycles. The first-order valence-corrected chi connectivity index (χ1v) is 7.50. The van der Waals surface area contributed by atoms with Gasteiger partial charge in [0.15, 0.2) is 0 Å². The van der Waals surface area contributed by atoms with Gasteiger partial charge in [-0.15, -0.1) is 0 Å². The molecule has 0 saturated heterocycles. The highest BCUT2D eigenvalue weighted by Gasteiger charge is 2.14. The van der Waals surface area contributed by atoms with Crippen LogP contribution in [0.15, 0.2) is 55.4 Å². The molecule has 1 aromatic carbocycles. The minimum Gasteiger partial charge on any atom is -0.350 e. The summed E-state index contributed by atoms with van der Waals surface area (Å²) in [6, 6.07) is 7.69. The van der Waals surface area contributed by atoms with Gasteiger partial charge in [0.25, 0.3) is 0 Å². The lowest BCUT2D eigenvalue weighted by atomic mass is 10.1. The lowest BCUT2D eigenvalue weighted by Gasteiger charge is -2.16. The molecular weight excluding hydrogens is 290 g/mol. The Bertz CT molecular complexity index is 791. The van der Waals surface area contributed by atoms with Crippen molar-refractivity contribution < 1.29 is 4.79 Å². The van der Waals surface area contributed by atoms with E-state index in [0.29, 0.717) is 6.54 Å². The number of rotatable bonds is 5. The minimum atomic E-state index is -0.292. The van der Waals surface area contributed by atoms with Crippen LogP contribution in [0, 0.1) is 6.92 Å². The van der Waals surface area contributed by atoms with E-state index in [1.165, 1.54) is 0 Å². The van der Waals surface area contributed by atoms with E-state index in [2.05, 4.69) is 15.3 Å². The van der Waals surface area contributed by atoms with Crippen molar-refractivity contribution in [1.82, 2.24) is 24.4 Å². The van der Waals surface area contributed by atoms with Gasteiger partial charge in [-0.2, -0.15) is 0 Å². The normalized spacial score (nSPS) is 12.1. The monoisotopic (exact) mass is 309 g/mol. The maximum Gasteiger partial charge on any atom is 0.243 e. The second-order valence-electron chi connectivity index (χ2n) is 5.38. The molecule has 0 fully saturated rings. The zero-order valence-electron chi connectivity index (χ0n) is 13.2. The second kappa shape index (κ2) is 6.48. The lowest BCUT2D eigenvalue weighted by Crippen LogP contribution is -2.30. The van der Waals surface area contributed by atoms with E-state index in [9.17, 15) is 4.79 Å². The fourth-order valence-electron chi connectivity index (χ4n) is 2.49. The van der Waals surface area contributed by atoms with Crippen molar-refractivity contribution in [1.29, 1.82) is 0 Å². The largest absolute Gasteiger partial charge is 0.350 e. The first kappa shape index (κ1) is 15.0. The number of nitrogens with one attached hydrogen (secondary N) is 1. The van der Waals surface area contributed by atoms with Crippen LogP contribution in [0.4, 0.5) is 0 Å². The van der Waals surface area contributed by atoms with Crippen molar-refractivity contribution in [2.45, 2.75) is 26.4 Å². The van der Waals surface area contributed by atoms with Gasteiger partial charge < -0.3 is 14.5 Å². The van der Waals surface area contributed by atoms with Crippen LogP contribution in [0.2, 0.25) is 0 Å². The van der Waals surface area contributed by atoms with E-state index in [1.807, 2.05) is 48.9 Å². The van der Waals surface area contributed by atoms with Crippen molar-refractivity contribution in [3.05, 3.63) is 66.8 Å². The predicted octanol–water partition coefficient (Wildman–Crippen LogP) is 2.25. The molecule has 6 heteroatoms. The summed E-state index contributed by atoms with van der Waals surface area (Å²) in [7, 11) is 0. The molecule has 2 heterocycles. The van der Waals surface area contributed by atoms with E-state index in [0.717, 1.165) is 17.1 Å². The van der Waals surface area contributed by atoms with Gasteiger partial charge in [-0.3, -0.25) is 4.79 Å². The molecule has 0 aliphatic carbocycles. The number of nitrogens with zero attached hydrogens (tertiary/aromatic N) is 4. The zero-order chi connectivity index (χ0) is 16.2. The topological polar surface area (TPSA) is 64.7 Å². The number of carbonyl (C=O) groups is 1. The number of hydrogen-bond donors (Lipinski definition) is 1. The van der Waals surface area contributed by atoms with E-state index in [-0.39, 0.29) is 11.9 Å². The van der Waals surface area contributed by atoms with Crippen LogP contribution in [0.25, 0.3) is 5.69 Å². The number of imidazole rings is 2. The van der Waals surface area contributed by atoms with Crippen LogP contribution in [0.1, 0.15) is 24.4 Å². The molecular formula is C17H19N5O. The quantitative estimate of drug-likeness (QED) is 0.786. The number of aromatic nitrogens is 4. The summed E-state index contributed by atoms with van der Waals surface area (Å²) in [6.07, 6.45) is 8.79. The van der Waals surface area contributed by atoms with Gasteiger partial charge in [-0.05, 0) is 25.5 Å². The molecule has 1 N–H and O–H groups in total. The van der Waals surface area contributed by atoms with Gasteiger partial charge in [-0.1, -0.05) is 18.2 Å². The van der Waals surface area contributed by atoms with Crippen molar-refractivity contribution in [3.8, 4) is 5.69 Å². The van der Waals surface area contributed by atoms with E-state index in [1.54, 1.807) is 29.5 Å². The smallest absolute Gasteiger partial charge is 0.243 e. The fourth-order valence-corrected chi connectivity index (χ4v) is 2.49. The summed E-state index contributed by atoms with van der Waals surface area (Å²) in [4.78, 5) is 20.5. The van der Waals surface area contributed by atoms with Crippen molar-refractivity contribution in [3.63, 3.8) is 0 Å². The average Bonchev–Trinajstić information content (AvgIpc) is 3.23. The van der Waals surface area contributed by atoms with Crippen molar-refractivity contribution in [2.24, 2.45) is 0 Å². The Balaban J connectivity index is 1.74. The average molecular weight is 309 g/mol. The molecule has 0 spiro atoms. The number of aryl methyl sites for hydroxylation is 1. The summed E-state index contributed by atoms with van der Waals surface area (Å²) in [5.74, 6) is 0.871. The molecule has 0 aliphatic rings. The van der Waals surface area contributed by atoms with Crippen LogP contribution in [-0.2, 0) is 11.3 Å². The minimum absolute atomic E-state index is 0.0415. The molecule has 1 amide bonds. The summed E-state index contributed by atoms with van der Waals surface area (Å²) >= 11 is 0. The number of benzene rings is 1. The molecule has 3 aromatic rings. The first-order valence-electron chi connectivity index (χ1n) is 7.50. The van der Waals surface area contributed by atoms with Crippen LogP contribution in [0.5, 0.6) is 0 Å². The van der Waals surface area contributed by atoms with Gasteiger partial charge in [0, 0.05) is 31.3 Å². The summed E-state index contributed by atoms with van der Waals surface area (Å²) in [5.41, 5.74) is 2.07. The Kier molecular flexibility index (Phi) is 4.23. The first-order chi connectivity index (χ1) is 11.2. The van der Waals surface area contributed by atoms with E-state index >= 15 is 0 Å². The van der Waals surface area contributed by atoms with Crippen molar-refractivity contribution >= 4 is 5.91 Å². The molecule has 1 atom stereocenters. The maximum absolute atomic E-state index is 12.3. The van der Waals surface area contributed by atoms with Crippen LogP contribution >= 0.6 is 0 Å². The highest BCUT2D eigenvalue weighted by Crippen LogP contribution is 2.16. The molecule has 0 radical (unpaired) electrons. The Hall–Kier alpha value is -2.89. The molecule has 6 nitrogen and oxygen atoms in total. The molecule has 0 unspecified atom stereocenters. The lowest BCUT2D eigenvalue weighted by molar-refractivity contribution is -0.124. The van der Waals surface area contributed by atoms with E-state index in [4.69, 9.17) is 0 Å². The van der Waals surface area contributed by atoms with Gasteiger partial charge in [-0.25, -0.2) is 9.97 Å². The third kappa shape index (κ3) is 3.15. The Morgan fingerprint density at radius 1 is 1.26 bits per heavy atom. The molecule has 23 heavy (non-hydrogen) atoms. The van der Waals surface area contributed by atoms with E-state index < -0.39 is 0 Å². The molecule has 118 valence electrons. The van der Waals surface area contributed by atoms with Crippen LogP contribution < -0.4 is 5.32 Å². The number of hydrogen-bond acceptors (Lipinski definition) is 3. The van der Waals surface area contributed by atoms with Crippen LogP contribution in [0.3, 0.4) is 0 Å². The highest BCUT2D eigenvalue weighted by atomic mass is 16.2. The van der Waals surface area contributed by atoms with Crippen molar-refractivity contribution in [2.75, 3.05) is 0 Å². The molecule has 0 aliphatic heterocycles. The summed E-state index contributed by atoms with van der Waals surface area (Å²) in [6.45, 7) is 4.27. The molecule has 3 rings (SSSR count). The summed E-state index contributed by atoms with van der Waals surface area (Å²) in [5, 5.41) is 2.99. The Morgan fingerprint density at radius 3 is 2.78 bits per heavy atom. The third-order valence-corrected chi connectivity index (χ3v) is 3.88. The zero-order valence-corrected chi connectivity index (χ0v) is 13.2. The number of para-hydroxylation sites is 1. The fraction of sp³-hybridized carbons (Fsp3) is 0.235. The number of amides is 1. The van der Waals surface area contributed by atoms with Gasteiger partial charge in [0.05, 0.1) is 12.0 Å². The van der Waals surface area contributed by atoms with Gasteiger partial charge in [0.2, 0.25) is 5.91 Å². The maximum atomic E-state index is 12.3. The van der Waals surface area contributed by atoms with Gasteiger partial charge >= 0.3 is 0 Å². The third-order valence-electron chi connectivity index (χ3n) is 3.88. The Morgan fingerprint density at radius 2 is 2.09 bits per heavy atom. The summed E-state index contributed by atoms with van der Waals surface area (Å²) < 4.78 is 3.79. The Labute approximate surface area is 134 Å². The second-order valence-corrected chi connectivity index (χ2v) is 5.38. The SMILES string of the molecule is Cc1nccn1-c1ccccc1CNC(=O)[C@H](C)n1ccnc1. The molecule has 2 aromatic heterocycles. The van der Waals surface area contributed by atoms with Crippen LogP contribution in [-0.4, -0.2) is 25.0 Å². The number of carbonyl (C=O) groups excluding carboxylic acids is 1. The predicted molar refractivity (Wildman–Crippen MR) is 87.1 cm³/mol. The van der Waals surface area contributed by atoms with Gasteiger partial charge in [0.1, 0.15) is 11.9 Å². The highest BCUT2D eigenvalue weighted by molar-refractivity contribution is 5.79. The standard InChI is InChI=1S/C17H19N5O/c1-13(21-9-7-18-12-21)17(23)20-11-15-5-3-4-6-16(15)22-10-8-19-14(22)2/h3-10,12-13H,11H2,1-2H3,(H,20,23)/t13-/m0/s1.